The molecule has 0 saturated carbocycles. The molecule has 2 saturated heterocycles. The second kappa shape index (κ2) is 10.8. The van der Waals surface area contributed by atoms with E-state index >= 15 is 0 Å². The second-order valence-electron chi connectivity index (χ2n) is 7.63. The summed E-state index contributed by atoms with van der Waals surface area (Å²) in [6.45, 7) is 1.70. The topological polar surface area (TPSA) is 42.9 Å². The summed E-state index contributed by atoms with van der Waals surface area (Å²) in [6, 6.07) is 3.59. The highest BCUT2D eigenvalue weighted by atomic mass is 127. The Morgan fingerprint density at radius 3 is 2.60 bits per heavy atom. The lowest BCUT2D eigenvalue weighted by Crippen LogP contribution is -2.46. The van der Waals surface area contributed by atoms with Gasteiger partial charge in [-0.15, -0.1) is 24.0 Å². The molecule has 3 rings (SSSR count). The summed E-state index contributed by atoms with van der Waals surface area (Å²) in [5.41, 5.74) is 0.370. The van der Waals surface area contributed by atoms with Crippen molar-refractivity contribution in [3.63, 3.8) is 0 Å². The Morgan fingerprint density at radius 2 is 1.93 bits per heavy atom. The highest BCUT2D eigenvalue weighted by Gasteiger charge is 2.34. The zero-order valence-electron chi connectivity index (χ0n) is 16.7. The average Bonchev–Trinajstić information content (AvgIpc) is 3.26. The van der Waals surface area contributed by atoms with Crippen LogP contribution < -0.4 is 15.5 Å². The van der Waals surface area contributed by atoms with Crippen LogP contribution in [0, 0.1) is 17.6 Å². The van der Waals surface area contributed by atoms with Gasteiger partial charge < -0.3 is 15.5 Å². The van der Waals surface area contributed by atoms with Gasteiger partial charge in [0.1, 0.15) is 11.6 Å². The Labute approximate surface area is 190 Å². The SMILES string of the molecule is CN=C(NCC1CCN(CC(F)(F)F)C1)NC1CCN(c2ccc(F)cc2F)C1.I. The maximum Gasteiger partial charge on any atom is 0.401 e. The number of likely N-dealkylation sites (tertiary alicyclic amines) is 1. The first-order valence-corrected chi connectivity index (χ1v) is 9.70. The Balaban J connectivity index is 0.00000320. The van der Waals surface area contributed by atoms with Crippen LogP contribution in [0.1, 0.15) is 12.8 Å². The minimum absolute atomic E-state index is 0. The van der Waals surface area contributed by atoms with E-state index in [-0.39, 0.29) is 35.9 Å². The van der Waals surface area contributed by atoms with Gasteiger partial charge in [0.05, 0.1) is 12.2 Å². The second-order valence-corrected chi connectivity index (χ2v) is 7.63. The molecule has 0 aliphatic carbocycles. The van der Waals surface area contributed by atoms with Gasteiger partial charge in [0.25, 0.3) is 0 Å². The Kier molecular flexibility index (Phi) is 8.95. The zero-order chi connectivity index (χ0) is 21.0. The van der Waals surface area contributed by atoms with Gasteiger partial charge in [-0.2, -0.15) is 13.2 Å². The molecule has 2 atom stereocenters. The Bertz CT molecular complexity index is 730. The van der Waals surface area contributed by atoms with Gasteiger partial charge in [-0.3, -0.25) is 9.89 Å². The summed E-state index contributed by atoms with van der Waals surface area (Å²) in [6.07, 6.45) is -2.69. The Hall–Kier alpha value is -1.37. The van der Waals surface area contributed by atoms with E-state index in [0.717, 1.165) is 12.5 Å². The molecule has 2 N–H and O–H groups in total. The van der Waals surface area contributed by atoms with E-state index in [1.54, 1.807) is 7.05 Å². The van der Waals surface area contributed by atoms with Gasteiger partial charge >= 0.3 is 6.18 Å². The van der Waals surface area contributed by atoms with E-state index in [1.807, 2.05) is 4.90 Å². The van der Waals surface area contributed by atoms with Crippen LogP contribution >= 0.6 is 24.0 Å². The lowest BCUT2D eigenvalue weighted by Gasteiger charge is -2.22. The van der Waals surface area contributed by atoms with Crippen molar-refractivity contribution in [3.05, 3.63) is 29.8 Å². The monoisotopic (exact) mass is 547 g/mol. The molecular formula is C19H27F5IN5. The first-order chi connectivity index (χ1) is 13.7. The van der Waals surface area contributed by atoms with Gasteiger partial charge in [0.15, 0.2) is 5.96 Å². The van der Waals surface area contributed by atoms with Crippen molar-refractivity contribution in [1.29, 1.82) is 0 Å². The predicted octanol–water partition coefficient (Wildman–Crippen LogP) is 3.21. The molecule has 2 heterocycles. The fourth-order valence-electron chi connectivity index (χ4n) is 3.94. The molecule has 0 aromatic heterocycles. The molecule has 0 amide bonds. The normalized spacial score (nSPS) is 22.9. The molecule has 2 fully saturated rings. The summed E-state index contributed by atoms with van der Waals surface area (Å²) in [4.78, 5) is 7.45. The molecule has 1 aromatic carbocycles. The maximum atomic E-state index is 14.0. The molecular weight excluding hydrogens is 520 g/mol. The van der Waals surface area contributed by atoms with Crippen molar-refractivity contribution < 1.29 is 22.0 Å². The lowest BCUT2D eigenvalue weighted by molar-refractivity contribution is -0.143. The van der Waals surface area contributed by atoms with Gasteiger partial charge in [0, 0.05) is 45.3 Å². The number of hydrogen-bond donors (Lipinski definition) is 2. The highest BCUT2D eigenvalue weighted by molar-refractivity contribution is 14.0. The third-order valence-corrected chi connectivity index (χ3v) is 5.33. The maximum absolute atomic E-state index is 14.0. The average molecular weight is 547 g/mol. The summed E-state index contributed by atoms with van der Waals surface area (Å²) in [5.74, 6) is -0.488. The van der Waals surface area contributed by atoms with Crippen molar-refractivity contribution >= 4 is 35.6 Å². The number of guanidine groups is 1. The molecule has 0 spiro atoms. The number of nitrogens with one attached hydrogen (secondary N) is 2. The fraction of sp³-hybridized carbons (Fsp3) is 0.632. The number of rotatable bonds is 5. The molecule has 2 aliphatic rings. The van der Waals surface area contributed by atoms with Gasteiger partial charge in [-0.05, 0) is 37.4 Å². The lowest BCUT2D eigenvalue weighted by atomic mass is 10.1. The zero-order valence-corrected chi connectivity index (χ0v) is 19.0. The third kappa shape index (κ3) is 7.10. The summed E-state index contributed by atoms with van der Waals surface area (Å²) in [5, 5.41) is 6.46. The first kappa shape index (κ1) is 24.9. The van der Waals surface area contributed by atoms with Crippen LogP contribution in [-0.2, 0) is 0 Å². The van der Waals surface area contributed by atoms with Crippen LogP contribution in [0.15, 0.2) is 23.2 Å². The fourth-order valence-corrected chi connectivity index (χ4v) is 3.94. The minimum atomic E-state index is -4.17. The van der Waals surface area contributed by atoms with Gasteiger partial charge in [-0.25, -0.2) is 8.78 Å². The molecule has 170 valence electrons. The first-order valence-electron chi connectivity index (χ1n) is 9.70. The van der Waals surface area contributed by atoms with E-state index in [1.165, 1.54) is 17.0 Å². The van der Waals surface area contributed by atoms with E-state index in [2.05, 4.69) is 15.6 Å². The van der Waals surface area contributed by atoms with E-state index < -0.39 is 24.4 Å². The number of hydrogen-bond acceptors (Lipinski definition) is 3. The van der Waals surface area contributed by atoms with Crippen molar-refractivity contribution in [3.8, 4) is 0 Å². The van der Waals surface area contributed by atoms with Gasteiger partial charge in [-0.1, -0.05) is 0 Å². The number of benzene rings is 1. The van der Waals surface area contributed by atoms with Crippen molar-refractivity contribution in [2.24, 2.45) is 10.9 Å². The van der Waals surface area contributed by atoms with Crippen LogP contribution in [0.25, 0.3) is 0 Å². The molecule has 30 heavy (non-hydrogen) atoms. The molecule has 2 unspecified atom stereocenters. The van der Waals surface area contributed by atoms with Crippen molar-refractivity contribution in [1.82, 2.24) is 15.5 Å². The molecule has 1 aromatic rings. The van der Waals surface area contributed by atoms with Gasteiger partial charge in [0.2, 0.25) is 0 Å². The van der Waals surface area contributed by atoms with Crippen molar-refractivity contribution in [2.45, 2.75) is 25.1 Å². The van der Waals surface area contributed by atoms with Crippen LogP contribution in [0.4, 0.5) is 27.6 Å². The molecule has 2 aliphatic heterocycles. The van der Waals surface area contributed by atoms with E-state index in [9.17, 15) is 22.0 Å². The highest BCUT2D eigenvalue weighted by Crippen LogP contribution is 2.25. The molecule has 0 bridgehead atoms. The predicted molar refractivity (Wildman–Crippen MR) is 117 cm³/mol. The Morgan fingerprint density at radius 1 is 1.17 bits per heavy atom. The molecule has 11 heteroatoms. The van der Waals surface area contributed by atoms with Crippen LogP contribution in [0.3, 0.4) is 0 Å². The summed E-state index contributed by atoms with van der Waals surface area (Å²) in [7, 11) is 1.63. The van der Waals surface area contributed by atoms with Crippen LogP contribution in [0.2, 0.25) is 0 Å². The largest absolute Gasteiger partial charge is 0.401 e. The van der Waals surface area contributed by atoms with Crippen LogP contribution in [-0.4, -0.2) is 69.4 Å². The molecule has 0 radical (unpaired) electrons. The summed E-state index contributed by atoms with van der Waals surface area (Å²) >= 11 is 0. The van der Waals surface area contributed by atoms with Crippen molar-refractivity contribution in [2.75, 3.05) is 51.2 Å². The minimum Gasteiger partial charge on any atom is -0.367 e. The quantitative estimate of drug-likeness (QED) is 0.257. The number of anilines is 1. The smallest absolute Gasteiger partial charge is 0.367 e. The summed E-state index contributed by atoms with van der Waals surface area (Å²) < 4.78 is 64.6. The number of alkyl halides is 3. The van der Waals surface area contributed by atoms with E-state index in [4.69, 9.17) is 0 Å². The number of nitrogens with zero attached hydrogens (tertiary/aromatic N) is 3. The third-order valence-electron chi connectivity index (χ3n) is 5.33. The number of aliphatic imine (C=N–C) groups is 1. The standard InChI is InChI=1S/C19H26F5N5.HI/c1-25-18(26-9-13-4-6-28(10-13)12-19(22,23)24)27-15-5-7-29(11-15)17-3-2-14(20)8-16(17)21;/h2-3,8,13,15H,4-7,9-12H2,1H3,(H2,25,26,27);1H. The van der Waals surface area contributed by atoms with E-state index in [0.29, 0.717) is 50.8 Å². The molecule has 5 nitrogen and oxygen atoms in total. The van der Waals surface area contributed by atoms with Crippen LogP contribution in [0.5, 0.6) is 0 Å². The number of halogens is 6.